The van der Waals surface area contributed by atoms with E-state index < -0.39 is 0 Å². The number of hydrogen-bond acceptors (Lipinski definition) is 4. The zero-order valence-electron chi connectivity index (χ0n) is 10.0. The summed E-state index contributed by atoms with van der Waals surface area (Å²) in [7, 11) is 0. The number of aromatic nitrogens is 2. The summed E-state index contributed by atoms with van der Waals surface area (Å²) in [5, 5.41) is 12.1. The van der Waals surface area contributed by atoms with Gasteiger partial charge in [0.05, 0.1) is 6.20 Å². The third kappa shape index (κ3) is 1.54. The van der Waals surface area contributed by atoms with Crippen molar-refractivity contribution in [1.82, 2.24) is 15.5 Å². The molecule has 1 spiro atoms. The fraction of sp³-hybridized carbons (Fsp3) is 0.692. The molecule has 1 aromatic heterocycles. The van der Waals surface area contributed by atoms with Crippen LogP contribution in [-0.4, -0.2) is 34.9 Å². The zero-order chi connectivity index (χ0) is 11.3. The molecule has 0 radical (unpaired) electrons. The smallest absolute Gasteiger partial charge is 0.154 e. The molecular weight excluding hydrogens is 212 g/mol. The first-order valence-electron chi connectivity index (χ1n) is 6.69. The normalized spacial score (nSPS) is 29.4. The number of fused-ring (bicyclic) bond motifs is 1. The summed E-state index contributed by atoms with van der Waals surface area (Å²) < 4.78 is 0. The molecule has 2 fully saturated rings. The van der Waals surface area contributed by atoms with Crippen molar-refractivity contribution in [3.63, 3.8) is 0 Å². The van der Waals surface area contributed by atoms with Gasteiger partial charge in [-0.3, -0.25) is 0 Å². The standard InChI is InChI=1S/C13H18N4/c1-7-15-16-12-10(1)3-8-17(12)11-2-6-14-13(9-11)4-5-13/h1,7,11,14H,2-6,8-9H2/t11-/m0/s1. The van der Waals surface area contributed by atoms with Crippen LogP contribution in [0.1, 0.15) is 31.2 Å². The van der Waals surface area contributed by atoms with Crippen LogP contribution in [0.5, 0.6) is 0 Å². The molecule has 3 aliphatic rings. The Bertz CT molecular complexity index is 441. The highest BCUT2D eigenvalue weighted by Gasteiger charge is 2.47. The van der Waals surface area contributed by atoms with E-state index in [1.165, 1.54) is 31.2 Å². The number of anilines is 1. The van der Waals surface area contributed by atoms with Crippen LogP contribution in [0.2, 0.25) is 0 Å². The average molecular weight is 230 g/mol. The van der Waals surface area contributed by atoms with Crippen molar-refractivity contribution in [2.45, 2.75) is 43.7 Å². The van der Waals surface area contributed by atoms with Gasteiger partial charge in [-0.25, -0.2) is 0 Å². The van der Waals surface area contributed by atoms with E-state index in [1.54, 1.807) is 0 Å². The van der Waals surface area contributed by atoms with E-state index in [0.29, 0.717) is 11.6 Å². The molecule has 1 aromatic rings. The second-order valence-electron chi connectivity index (χ2n) is 5.68. The van der Waals surface area contributed by atoms with E-state index in [-0.39, 0.29) is 0 Å². The second-order valence-corrected chi connectivity index (χ2v) is 5.68. The molecule has 1 atom stereocenters. The Kier molecular flexibility index (Phi) is 1.98. The molecule has 1 saturated carbocycles. The Balaban J connectivity index is 1.60. The van der Waals surface area contributed by atoms with Crippen LogP contribution in [0.4, 0.5) is 5.82 Å². The molecule has 2 aliphatic heterocycles. The van der Waals surface area contributed by atoms with Gasteiger partial charge in [-0.2, -0.15) is 5.10 Å². The van der Waals surface area contributed by atoms with E-state index in [2.05, 4.69) is 26.5 Å². The zero-order valence-corrected chi connectivity index (χ0v) is 10.0. The maximum atomic E-state index is 4.34. The minimum Gasteiger partial charge on any atom is -0.351 e. The van der Waals surface area contributed by atoms with Crippen molar-refractivity contribution < 1.29 is 0 Å². The van der Waals surface area contributed by atoms with Crippen LogP contribution in [0.3, 0.4) is 0 Å². The second kappa shape index (κ2) is 3.42. The molecule has 1 aliphatic carbocycles. The summed E-state index contributed by atoms with van der Waals surface area (Å²) in [6.07, 6.45) is 8.23. The minimum atomic E-state index is 0.494. The maximum absolute atomic E-state index is 4.34. The first-order chi connectivity index (χ1) is 8.36. The van der Waals surface area contributed by atoms with Crippen LogP contribution < -0.4 is 10.2 Å². The van der Waals surface area contributed by atoms with Crippen LogP contribution in [0, 0.1) is 0 Å². The number of nitrogens with one attached hydrogen (secondary N) is 1. The summed E-state index contributed by atoms with van der Waals surface area (Å²) in [6, 6.07) is 2.80. The van der Waals surface area contributed by atoms with Crippen molar-refractivity contribution in [1.29, 1.82) is 0 Å². The molecule has 4 heteroatoms. The molecule has 3 heterocycles. The van der Waals surface area contributed by atoms with E-state index in [9.17, 15) is 0 Å². The molecule has 0 amide bonds. The van der Waals surface area contributed by atoms with Crippen LogP contribution in [-0.2, 0) is 6.42 Å². The monoisotopic (exact) mass is 230 g/mol. The number of piperidine rings is 1. The predicted octanol–water partition coefficient (Wildman–Crippen LogP) is 1.12. The van der Waals surface area contributed by atoms with Crippen molar-refractivity contribution in [3.05, 3.63) is 17.8 Å². The molecular formula is C13H18N4. The van der Waals surface area contributed by atoms with Gasteiger partial charge in [-0.1, -0.05) is 0 Å². The highest BCUT2D eigenvalue weighted by molar-refractivity contribution is 5.51. The molecule has 1 saturated heterocycles. The summed E-state index contributed by atoms with van der Waals surface area (Å²) in [6.45, 7) is 2.30. The lowest BCUT2D eigenvalue weighted by atomic mass is 9.96. The van der Waals surface area contributed by atoms with Gasteiger partial charge < -0.3 is 10.2 Å². The topological polar surface area (TPSA) is 41.1 Å². The van der Waals surface area contributed by atoms with Gasteiger partial charge >= 0.3 is 0 Å². The van der Waals surface area contributed by atoms with Crippen molar-refractivity contribution >= 4 is 5.82 Å². The lowest BCUT2D eigenvalue weighted by Crippen LogP contribution is -2.49. The molecule has 0 bridgehead atoms. The summed E-state index contributed by atoms with van der Waals surface area (Å²) >= 11 is 0. The number of nitrogens with zero attached hydrogens (tertiary/aromatic N) is 3. The molecule has 4 rings (SSSR count). The van der Waals surface area contributed by atoms with Gasteiger partial charge in [-0.15, -0.1) is 5.10 Å². The quantitative estimate of drug-likeness (QED) is 0.785. The lowest BCUT2D eigenvalue weighted by molar-refractivity contribution is 0.333. The molecule has 0 aromatic carbocycles. The van der Waals surface area contributed by atoms with Crippen molar-refractivity contribution in [3.8, 4) is 0 Å². The van der Waals surface area contributed by atoms with Crippen molar-refractivity contribution in [2.24, 2.45) is 0 Å². The average Bonchev–Trinajstić information content (AvgIpc) is 2.96. The van der Waals surface area contributed by atoms with Gasteiger partial charge in [0, 0.05) is 18.1 Å². The first kappa shape index (κ1) is 9.83. The van der Waals surface area contributed by atoms with Gasteiger partial charge in [-0.05, 0) is 50.3 Å². The van der Waals surface area contributed by atoms with Gasteiger partial charge in [0.1, 0.15) is 0 Å². The highest BCUT2D eigenvalue weighted by atomic mass is 15.3. The molecule has 0 unspecified atom stereocenters. The fourth-order valence-corrected chi connectivity index (χ4v) is 3.42. The van der Waals surface area contributed by atoms with Crippen LogP contribution in [0.25, 0.3) is 0 Å². The van der Waals surface area contributed by atoms with Crippen LogP contribution in [0.15, 0.2) is 12.3 Å². The Morgan fingerprint density at radius 2 is 2.35 bits per heavy atom. The largest absolute Gasteiger partial charge is 0.351 e. The first-order valence-corrected chi connectivity index (χ1v) is 6.69. The molecule has 1 N–H and O–H groups in total. The van der Waals surface area contributed by atoms with E-state index in [1.807, 2.05) is 6.20 Å². The highest BCUT2D eigenvalue weighted by Crippen LogP contribution is 2.44. The minimum absolute atomic E-state index is 0.494. The molecule has 90 valence electrons. The molecule has 17 heavy (non-hydrogen) atoms. The number of rotatable bonds is 1. The van der Waals surface area contributed by atoms with Crippen LogP contribution >= 0.6 is 0 Å². The Morgan fingerprint density at radius 1 is 1.41 bits per heavy atom. The summed E-state index contributed by atoms with van der Waals surface area (Å²) in [4.78, 5) is 2.50. The van der Waals surface area contributed by atoms with E-state index in [0.717, 1.165) is 25.3 Å². The maximum Gasteiger partial charge on any atom is 0.154 e. The van der Waals surface area contributed by atoms with Gasteiger partial charge in [0.15, 0.2) is 5.82 Å². The summed E-state index contributed by atoms with van der Waals surface area (Å²) in [5.41, 5.74) is 1.87. The lowest BCUT2D eigenvalue weighted by Gasteiger charge is -2.37. The van der Waals surface area contributed by atoms with E-state index in [4.69, 9.17) is 0 Å². The van der Waals surface area contributed by atoms with Crippen molar-refractivity contribution in [2.75, 3.05) is 18.0 Å². The van der Waals surface area contributed by atoms with Gasteiger partial charge in [0.25, 0.3) is 0 Å². The Hall–Kier alpha value is -1.16. The van der Waals surface area contributed by atoms with E-state index >= 15 is 0 Å². The Labute approximate surface area is 101 Å². The number of hydrogen-bond donors (Lipinski definition) is 1. The van der Waals surface area contributed by atoms with Gasteiger partial charge in [0.2, 0.25) is 0 Å². The predicted molar refractivity (Wildman–Crippen MR) is 66.1 cm³/mol. The third-order valence-electron chi connectivity index (χ3n) is 4.57. The summed E-state index contributed by atoms with van der Waals surface area (Å²) in [5.74, 6) is 1.15. The fourth-order valence-electron chi connectivity index (χ4n) is 3.42. The Morgan fingerprint density at radius 3 is 3.24 bits per heavy atom. The third-order valence-corrected chi connectivity index (χ3v) is 4.57. The SMILES string of the molecule is c1cc2c(nn1)N([C@H]1CCNC3(CC3)C1)CC2. The molecule has 4 nitrogen and oxygen atoms in total.